The van der Waals surface area contributed by atoms with E-state index < -0.39 is 0 Å². The molecule has 9 heteroatoms. The summed E-state index contributed by atoms with van der Waals surface area (Å²) in [6.07, 6.45) is 2.84. The molecule has 0 spiro atoms. The molecule has 4 heterocycles. The van der Waals surface area contributed by atoms with E-state index in [1.165, 1.54) is 11.3 Å². The van der Waals surface area contributed by atoms with Gasteiger partial charge in [0.25, 0.3) is 0 Å². The van der Waals surface area contributed by atoms with Gasteiger partial charge < -0.3 is 14.6 Å². The van der Waals surface area contributed by atoms with Crippen LogP contribution in [0.2, 0.25) is 5.15 Å². The van der Waals surface area contributed by atoms with Gasteiger partial charge in [0.2, 0.25) is 0 Å². The standard InChI is InChI=1S/C15H18ClN5OS2/c16-13-12(24-15(19-13)21-3-5-22-6-4-21)9-20-2-1-11-10(8-20)7-17-14(23)18-11/h7H,1-6,8-9H2,(H,17,18,23). The molecule has 0 atom stereocenters. The molecule has 1 N–H and O–H groups in total. The fraction of sp³-hybridized carbons (Fsp3) is 0.533. The highest BCUT2D eigenvalue weighted by Crippen LogP contribution is 2.32. The SMILES string of the molecule is S=c1ncc2c([nH]1)CCN(Cc1sc(N3CCOCC3)nc1Cl)C2. The normalized spacial score (nSPS) is 18.6. The van der Waals surface area contributed by atoms with Crippen LogP contribution in [0.25, 0.3) is 0 Å². The first-order valence-electron chi connectivity index (χ1n) is 7.96. The maximum atomic E-state index is 6.39. The molecule has 128 valence electrons. The second kappa shape index (κ2) is 7.05. The number of nitrogens with one attached hydrogen (secondary N) is 1. The minimum Gasteiger partial charge on any atom is -0.378 e. The molecule has 2 aromatic heterocycles. The van der Waals surface area contributed by atoms with E-state index >= 15 is 0 Å². The topological polar surface area (TPSA) is 57.3 Å². The smallest absolute Gasteiger partial charge is 0.196 e. The van der Waals surface area contributed by atoms with Crippen molar-refractivity contribution in [1.82, 2.24) is 19.9 Å². The summed E-state index contributed by atoms with van der Waals surface area (Å²) < 4.78 is 5.96. The average Bonchev–Trinajstić information content (AvgIpc) is 2.97. The van der Waals surface area contributed by atoms with Crippen LogP contribution >= 0.6 is 35.2 Å². The van der Waals surface area contributed by atoms with Gasteiger partial charge in [-0.2, -0.15) is 0 Å². The van der Waals surface area contributed by atoms with Gasteiger partial charge in [0.1, 0.15) is 5.15 Å². The fourth-order valence-electron chi connectivity index (χ4n) is 3.05. The van der Waals surface area contributed by atoms with Gasteiger partial charge in [-0.3, -0.25) is 4.90 Å². The molecule has 0 bridgehead atoms. The second-order valence-electron chi connectivity index (χ2n) is 5.96. The molecule has 0 aliphatic carbocycles. The zero-order valence-electron chi connectivity index (χ0n) is 13.1. The predicted octanol–water partition coefficient (Wildman–Crippen LogP) is 2.64. The van der Waals surface area contributed by atoms with E-state index in [0.29, 0.717) is 9.92 Å². The Kier molecular flexibility index (Phi) is 4.82. The molecule has 1 fully saturated rings. The molecule has 0 unspecified atom stereocenters. The zero-order valence-corrected chi connectivity index (χ0v) is 15.5. The minimum atomic E-state index is 0.558. The largest absolute Gasteiger partial charge is 0.378 e. The molecule has 0 aromatic carbocycles. The molecule has 4 rings (SSSR count). The summed E-state index contributed by atoms with van der Waals surface area (Å²) in [7, 11) is 0. The molecule has 24 heavy (non-hydrogen) atoms. The highest BCUT2D eigenvalue weighted by atomic mass is 35.5. The number of anilines is 1. The molecule has 2 aliphatic rings. The van der Waals surface area contributed by atoms with Crippen molar-refractivity contribution in [2.45, 2.75) is 19.5 Å². The molecule has 6 nitrogen and oxygen atoms in total. The van der Waals surface area contributed by atoms with Crippen LogP contribution in [0.1, 0.15) is 16.1 Å². The number of thiazole rings is 1. The highest BCUT2D eigenvalue weighted by Gasteiger charge is 2.22. The number of nitrogens with zero attached hydrogens (tertiary/aromatic N) is 4. The van der Waals surface area contributed by atoms with E-state index in [0.717, 1.165) is 62.4 Å². The lowest BCUT2D eigenvalue weighted by atomic mass is 10.1. The molecule has 0 amide bonds. The van der Waals surface area contributed by atoms with Crippen LogP contribution in [0.15, 0.2) is 6.20 Å². The fourth-order valence-corrected chi connectivity index (χ4v) is 4.58. The van der Waals surface area contributed by atoms with Crippen molar-refractivity contribution < 1.29 is 4.74 Å². The van der Waals surface area contributed by atoms with Crippen molar-refractivity contribution in [1.29, 1.82) is 0 Å². The first-order valence-corrected chi connectivity index (χ1v) is 9.56. The average molecular weight is 384 g/mol. The zero-order chi connectivity index (χ0) is 16.5. The Morgan fingerprint density at radius 2 is 2.17 bits per heavy atom. The van der Waals surface area contributed by atoms with Crippen LogP contribution in [0.5, 0.6) is 0 Å². The second-order valence-corrected chi connectivity index (χ2v) is 7.77. The summed E-state index contributed by atoms with van der Waals surface area (Å²) in [6.45, 7) is 5.92. The van der Waals surface area contributed by atoms with Crippen LogP contribution in [0.3, 0.4) is 0 Å². The predicted molar refractivity (Wildman–Crippen MR) is 97.4 cm³/mol. The van der Waals surface area contributed by atoms with E-state index in [1.807, 2.05) is 6.20 Å². The van der Waals surface area contributed by atoms with Gasteiger partial charge in [-0.1, -0.05) is 22.9 Å². The summed E-state index contributed by atoms with van der Waals surface area (Å²) in [5, 5.41) is 1.62. The lowest BCUT2D eigenvalue weighted by Gasteiger charge is -2.27. The van der Waals surface area contributed by atoms with Crippen molar-refractivity contribution >= 4 is 40.3 Å². The first-order chi connectivity index (χ1) is 11.7. The van der Waals surface area contributed by atoms with Crippen molar-refractivity contribution in [3.63, 3.8) is 0 Å². The van der Waals surface area contributed by atoms with E-state index in [9.17, 15) is 0 Å². The number of halogens is 1. The Morgan fingerprint density at radius 1 is 1.33 bits per heavy atom. The van der Waals surface area contributed by atoms with Crippen molar-refractivity contribution in [3.05, 3.63) is 32.3 Å². The molecular weight excluding hydrogens is 366 g/mol. The molecule has 2 aromatic rings. The lowest BCUT2D eigenvalue weighted by Crippen LogP contribution is -2.36. The minimum absolute atomic E-state index is 0.558. The first kappa shape index (κ1) is 16.4. The Morgan fingerprint density at radius 3 is 3.00 bits per heavy atom. The van der Waals surface area contributed by atoms with Crippen LogP contribution in [-0.4, -0.2) is 52.7 Å². The summed E-state index contributed by atoms with van der Waals surface area (Å²) >= 11 is 13.2. The number of hydrogen-bond donors (Lipinski definition) is 1. The van der Waals surface area contributed by atoms with Crippen molar-refractivity contribution in [2.75, 3.05) is 37.7 Å². The van der Waals surface area contributed by atoms with Gasteiger partial charge in [-0.25, -0.2) is 9.97 Å². The number of rotatable bonds is 3. The number of aromatic amines is 1. The third-order valence-electron chi connectivity index (χ3n) is 4.34. The molecule has 2 aliphatic heterocycles. The Balaban J connectivity index is 1.47. The number of fused-ring (bicyclic) bond motifs is 1. The number of ether oxygens (including phenoxy) is 1. The van der Waals surface area contributed by atoms with Gasteiger partial charge in [-0.15, -0.1) is 0 Å². The van der Waals surface area contributed by atoms with Gasteiger partial charge in [0.15, 0.2) is 9.90 Å². The summed E-state index contributed by atoms with van der Waals surface area (Å²) in [6, 6.07) is 0. The summed E-state index contributed by atoms with van der Waals surface area (Å²) in [4.78, 5) is 17.7. The van der Waals surface area contributed by atoms with Crippen LogP contribution in [0, 0.1) is 4.77 Å². The molecule has 0 radical (unpaired) electrons. The highest BCUT2D eigenvalue weighted by molar-refractivity contribution is 7.71. The summed E-state index contributed by atoms with van der Waals surface area (Å²) in [5.41, 5.74) is 2.42. The van der Waals surface area contributed by atoms with Crippen LogP contribution in [-0.2, 0) is 24.2 Å². The van der Waals surface area contributed by atoms with E-state index in [4.69, 9.17) is 28.6 Å². The lowest BCUT2D eigenvalue weighted by molar-refractivity contribution is 0.122. The van der Waals surface area contributed by atoms with Crippen LogP contribution in [0.4, 0.5) is 5.13 Å². The maximum Gasteiger partial charge on any atom is 0.196 e. The van der Waals surface area contributed by atoms with E-state index in [2.05, 4.69) is 24.8 Å². The Bertz CT molecular complexity index is 786. The van der Waals surface area contributed by atoms with Gasteiger partial charge in [0, 0.05) is 56.6 Å². The van der Waals surface area contributed by atoms with Crippen molar-refractivity contribution in [2.24, 2.45) is 0 Å². The van der Waals surface area contributed by atoms with Crippen LogP contribution < -0.4 is 4.90 Å². The Hall–Kier alpha value is -1.06. The molecular formula is C15H18ClN5OS2. The Labute approximate surface area is 154 Å². The number of morpholine rings is 1. The van der Waals surface area contributed by atoms with E-state index in [-0.39, 0.29) is 0 Å². The molecule has 0 saturated carbocycles. The van der Waals surface area contributed by atoms with Gasteiger partial charge in [-0.05, 0) is 12.2 Å². The van der Waals surface area contributed by atoms with Gasteiger partial charge in [0.05, 0.1) is 18.1 Å². The van der Waals surface area contributed by atoms with Crippen molar-refractivity contribution in [3.8, 4) is 0 Å². The summed E-state index contributed by atoms with van der Waals surface area (Å²) in [5.74, 6) is 0. The number of hydrogen-bond acceptors (Lipinski definition) is 7. The maximum absolute atomic E-state index is 6.39. The quantitative estimate of drug-likeness (QED) is 0.822. The van der Waals surface area contributed by atoms with E-state index in [1.54, 1.807) is 11.3 Å². The molecule has 1 saturated heterocycles. The van der Waals surface area contributed by atoms with Gasteiger partial charge >= 0.3 is 0 Å². The monoisotopic (exact) mass is 383 g/mol. The number of H-pyrrole nitrogens is 1. The third kappa shape index (κ3) is 3.48. The third-order valence-corrected chi connectivity index (χ3v) is 6.08. The number of aromatic nitrogens is 3.